The van der Waals surface area contributed by atoms with Gasteiger partial charge in [0.25, 0.3) is 0 Å². The van der Waals surface area contributed by atoms with Crippen molar-refractivity contribution in [3.8, 4) is 11.5 Å². The molecule has 0 aromatic heterocycles. The molecule has 5 nitrogen and oxygen atoms in total. The molecule has 0 saturated carbocycles. The molecule has 0 amide bonds. The van der Waals surface area contributed by atoms with Crippen LogP contribution in [0.1, 0.15) is 91.9 Å². The number of fused-ring (bicyclic) bond motifs is 6. The molecule has 0 saturated heterocycles. The smallest absolute Gasteiger partial charge is 0.340 e. The van der Waals surface area contributed by atoms with Gasteiger partial charge in [0.05, 0.1) is 5.56 Å². The average molecular weight is 575 g/mol. The lowest BCUT2D eigenvalue weighted by Crippen LogP contribution is -2.33. The molecule has 1 atom stereocenters. The van der Waals surface area contributed by atoms with Gasteiger partial charge in [0.2, 0.25) is 0 Å². The van der Waals surface area contributed by atoms with E-state index in [0.29, 0.717) is 17.1 Å². The SMILES string of the molecule is CCCCCCCCc1ccc(Nc2ccc3c(c2)C2(OC(=O)c4ccccc42)c2ccc(N(CC)CC)cc2O3)cc1. The van der Waals surface area contributed by atoms with E-state index in [0.717, 1.165) is 53.3 Å². The molecule has 1 N–H and O–H groups in total. The molecule has 222 valence electrons. The van der Waals surface area contributed by atoms with Gasteiger partial charge >= 0.3 is 5.97 Å². The molecule has 2 heterocycles. The summed E-state index contributed by atoms with van der Waals surface area (Å²) >= 11 is 0. The molecule has 4 aromatic carbocycles. The maximum absolute atomic E-state index is 13.3. The predicted octanol–water partition coefficient (Wildman–Crippen LogP) is 9.75. The number of aryl methyl sites for hydroxylation is 1. The second-order valence-corrected chi connectivity index (χ2v) is 11.6. The van der Waals surface area contributed by atoms with Gasteiger partial charge in [-0.2, -0.15) is 0 Å². The molecule has 4 aromatic rings. The van der Waals surface area contributed by atoms with E-state index in [1.165, 1.54) is 44.1 Å². The third-order valence-electron chi connectivity index (χ3n) is 8.89. The van der Waals surface area contributed by atoms with Crippen molar-refractivity contribution in [3.63, 3.8) is 0 Å². The monoisotopic (exact) mass is 574 g/mol. The van der Waals surface area contributed by atoms with E-state index in [9.17, 15) is 4.79 Å². The fraction of sp³-hybridized carbons (Fsp3) is 0.342. The van der Waals surface area contributed by atoms with Gasteiger partial charge in [-0.3, -0.25) is 0 Å². The number of hydrogen-bond acceptors (Lipinski definition) is 5. The van der Waals surface area contributed by atoms with Crippen molar-refractivity contribution < 1.29 is 14.3 Å². The number of nitrogens with one attached hydrogen (secondary N) is 1. The summed E-state index contributed by atoms with van der Waals surface area (Å²) in [5.74, 6) is 1.08. The lowest BCUT2D eigenvalue weighted by molar-refractivity contribution is 0.0224. The van der Waals surface area contributed by atoms with E-state index in [1.807, 2.05) is 36.4 Å². The standard InChI is InChI=1S/C38H42N2O3/c1-4-7-8-9-10-11-14-27-17-19-28(20-18-27)39-29-21-24-35-34(25-29)38(32-16-13-12-15-31(32)37(41)43-38)33-23-22-30(26-36(33)42-35)40(5-2)6-3/h12-13,15-26,39H,4-11,14H2,1-3H3. The molecule has 1 spiro atoms. The zero-order chi connectivity index (χ0) is 29.8. The van der Waals surface area contributed by atoms with Gasteiger partial charge in [0.1, 0.15) is 11.5 Å². The number of carbonyl (C=O) groups excluding carboxylic acids is 1. The van der Waals surface area contributed by atoms with Crippen molar-refractivity contribution in [1.82, 2.24) is 0 Å². The van der Waals surface area contributed by atoms with Crippen LogP contribution in [0, 0.1) is 0 Å². The van der Waals surface area contributed by atoms with Crippen LogP contribution in [0.15, 0.2) is 84.9 Å². The van der Waals surface area contributed by atoms with E-state index in [-0.39, 0.29) is 5.97 Å². The summed E-state index contributed by atoms with van der Waals surface area (Å²) in [6.07, 6.45) is 8.96. The van der Waals surface area contributed by atoms with Crippen molar-refractivity contribution in [2.45, 2.75) is 71.3 Å². The summed E-state index contributed by atoms with van der Waals surface area (Å²) in [4.78, 5) is 15.6. The molecule has 6 rings (SSSR count). The van der Waals surface area contributed by atoms with E-state index >= 15 is 0 Å². The van der Waals surface area contributed by atoms with Crippen molar-refractivity contribution in [3.05, 3.63) is 113 Å². The van der Waals surface area contributed by atoms with E-state index in [4.69, 9.17) is 9.47 Å². The van der Waals surface area contributed by atoms with Gasteiger partial charge in [0, 0.05) is 52.9 Å². The fourth-order valence-corrected chi connectivity index (χ4v) is 6.56. The first-order chi connectivity index (χ1) is 21.1. The Morgan fingerprint density at radius 1 is 0.698 bits per heavy atom. The topological polar surface area (TPSA) is 50.8 Å². The quantitative estimate of drug-likeness (QED) is 0.135. The summed E-state index contributed by atoms with van der Waals surface area (Å²) in [6.45, 7) is 8.34. The number of ether oxygens (including phenoxy) is 2. The molecule has 0 radical (unpaired) electrons. The zero-order valence-corrected chi connectivity index (χ0v) is 25.6. The van der Waals surface area contributed by atoms with Gasteiger partial charge in [-0.15, -0.1) is 0 Å². The molecule has 0 aliphatic carbocycles. The number of nitrogens with zero attached hydrogens (tertiary/aromatic N) is 1. The third-order valence-corrected chi connectivity index (χ3v) is 8.89. The first kappa shape index (κ1) is 28.9. The average Bonchev–Trinajstić information content (AvgIpc) is 3.33. The molecule has 2 aliphatic heterocycles. The zero-order valence-electron chi connectivity index (χ0n) is 25.6. The highest BCUT2D eigenvalue weighted by Gasteiger charge is 2.53. The van der Waals surface area contributed by atoms with Crippen molar-refractivity contribution in [1.29, 1.82) is 0 Å². The number of carbonyl (C=O) groups is 1. The van der Waals surface area contributed by atoms with Crippen molar-refractivity contribution in [2.24, 2.45) is 0 Å². The number of benzene rings is 4. The summed E-state index contributed by atoms with van der Waals surface area (Å²) in [5.41, 5.74) is 6.39. The highest BCUT2D eigenvalue weighted by Crippen LogP contribution is 2.57. The van der Waals surface area contributed by atoms with E-state index in [2.05, 4.69) is 79.5 Å². The van der Waals surface area contributed by atoms with Crippen molar-refractivity contribution >= 4 is 23.0 Å². The first-order valence-corrected chi connectivity index (χ1v) is 16.0. The second kappa shape index (κ2) is 12.5. The predicted molar refractivity (Wildman–Crippen MR) is 175 cm³/mol. The Bertz CT molecular complexity index is 1590. The van der Waals surface area contributed by atoms with Gasteiger partial charge in [-0.1, -0.05) is 69.4 Å². The van der Waals surface area contributed by atoms with Crippen LogP contribution in [-0.4, -0.2) is 19.1 Å². The first-order valence-electron chi connectivity index (χ1n) is 16.0. The molecular weight excluding hydrogens is 532 g/mol. The largest absolute Gasteiger partial charge is 0.456 e. The van der Waals surface area contributed by atoms with Crippen molar-refractivity contribution in [2.75, 3.05) is 23.3 Å². The van der Waals surface area contributed by atoms with Crippen LogP contribution in [0.4, 0.5) is 17.1 Å². The summed E-state index contributed by atoms with van der Waals surface area (Å²) in [7, 11) is 0. The maximum atomic E-state index is 13.3. The molecule has 43 heavy (non-hydrogen) atoms. The molecular formula is C38H42N2O3. The number of esters is 1. The minimum atomic E-state index is -1.09. The molecule has 2 aliphatic rings. The summed E-state index contributed by atoms with van der Waals surface area (Å²) in [6, 6.07) is 28.7. The van der Waals surface area contributed by atoms with Crippen LogP contribution in [-0.2, 0) is 16.8 Å². The van der Waals surface area contributed by atoms with Crippen LogP contribution in [0.5, 0.6) is 11.5 Å². The highest BCUT2D eigenvalue weighted by atomic mass is 16.6. The van der Waals surface area contributed by atoms with Gasteiger partial charge in [0.15, 0.2) is 5.60 Å². The Balaban J connectivity index is 1.30. The van der Waals surface area contributed by atoms with Crippen LogP contribution >= 0.6 is 0 Å². The molecule has 0 fully saturated rings. The lowest BCUT2D eigenvalue weighted by Gasteiger charge is -2.37. The minimum absolute atomic E-state index is 0.318. The van der Waals surface area contributed by atoms with Gasteiger partial charge < -0.3 is 19.7 Å². The summed E-state index contributed by atoms with van der Waals surface area (Å²) < 4.78 is 12.9. The Morgan fingerprint density at radius 2 is 1.44 bits per heavy atom. The number of anilines is 3. The Kier molecular flexibility index (Phi) is 8.42. The van der Waals surface area contributed by atoms with E-state index in [1.54, 1.807) is 0 Å². The van der Waals surface area contributed by atoms with Gasteiger partial charge in [-0.25, -0.2) is 4.79 Å². The fourth-order valence-electron chi connectivity index (χ4n) is 6.56. The number of rotatable bonds is 12. The van der Waals surface area contributed by atoms with Crippen LogP contribution < -0.4 is 15.0 Å². The van der Waals surface area contributed by atoms with Crippen LogP contribution in [0.2, 0.25) is 0 Å². The van der Waals surface area contributed by atoms with Crippen LogP contribution in [0.3, 0.4) is 0 Å². The Hall–Kier alpha value is -4.25. The number of hydrogen-bond donors (Lipinski definition) is 1. The van der Waals surface area contributed by atoms with Gasteiger partial charge in [-0.05, 0) is 80.8 Å². The highest BCUT2D eigenvalue weighted by molar-refractivity contribution is 5.97. The number of unbranched alkanes of at least 4 members (excludes halogenated alkanes) is 5. The molecule has 5 heteroatoms. The lowest BCUT2D eigenvalue weighted by atomic mass is 9.77. The Labute approximate surface area is 255 Å². The molecule has 1 unspecified atom stereocenters. The van der Waals surface area contributed by atoms with E-state index < -0.39 is 5.60 Å². The second-order valence-electron chi connectivity index (χ2n) is 11.6. The molecule has 0 bridgehead atoms. The minimum Gasteiger partial charge on any atom is -0.456 e. The third kappa shape index (κ3) is 5.49. The Morgan fingerprint density at radius 3 is 2.23 bits per heavy atom. The normalized spacial score (nSPS) is 16.2. The van der Waals surface area contributed by atoms with Crippen LogP contribution in [0.25, 0.3) is 0 Å². The summed E-state index contributed by atoms with van der Waals surface area (Å²) in [5, 5.41) is 3.57. The maximum Gasteiger partial charge on any atom is 0.340 e.